The van der Waals surface area contributed by atoms with E-state index in [1.54, 1.807) is 0 Å². The van der Waals surface area contributed by atoms with Gasteiger partial charge in [0.15, 0.2) is 0 Å². The van der Waals surface area contributed by atoms with Crippen molar-refractivity contribution in [1.82, 2.24) is 9.97 Å². The molecule has 0 saturated heterocycles. The molecule has 0 saturated carbocycles. The van der Waals surface area contributed by atoms with E-state index in [2.05, 4.69) is 35.9 Å². The third-order valence-electron chi connectivity index (χ3n) is 3.06. The van der Waals surface area contributed by atoms with Crippen LogP contribution in [0.4, 0.5) is 0 Å². The van der Waals surface area contributed by atoms with Gasteiger partial charge in [0.25, 0.3) is 0 Å². The van der Waals surface area contributed by atoms with Gasteiger partial charge in [0.2, 0.25) is 0 Å². The topological polar surface area (TPSA) is 83.3 Å². The number of hydrogen-bond donors (Lipinski definition) is 2. The third kappa shape index (κ3) is 3.08. The number of aryl methyl sites for hydroxylation is 2. The molecule has 0 aliphatic heterocycles. The average molecular weight is 309 g/mol. The summed E-state index contributed by atoms with van der Waals surface area (Å²) in [6.07, 6.45) is 3.70. The van der Waals surface area contributed by atoms with Crippen molar-refractivity contribution < 1.29 is 27.5 Å². The average Bonchev–Trinajstić information content (AvgIpc) is 2.39. The number of aromatic nitrogens is 2. The monoisotopic (exact) mass is 309 g/mol. The number of rotatable bonds is 0. The van der Waals surface area contributed by atoms with E-state index in [-0.39, 0.29) is 0 Å². The van der Waals surface area contributed by atoms with Gasteiger partial charge >= 0.3 is 27.5 Å². The predicted molar refractivity (Wildman–Crippen MR) is 71.6 cm³/mol. The van der Waals surface area contributed by atoms with Crippen molar-refractivity contribution in [3.05, 3.63) is 47.8 Å². The fourth-order valence-electron chi connectivity index (χ4n) is 2.10. The molecule has 0 aliphatic carbocycles. The van der Waals surface area contributed by atoms with Crippen molar-refractivity contribution in [3.8, 4) is 0 Å². The van der Waals surface area contributed by atoms with Crippen LogP contribution in [0.5, 0.6) is 0 Å². The number of fused-ring (bicyclic) bond motifs is 3. The molecule has 0 atom stereocenters. The van der Waals surface area contributed by atoms with Gasteiger partial charge in [-0.25, -0.2) is 0 Å². The van der Waals surface area contributed by atoms with Gasteiger partial charge in [-0.2, -0.15) is 0 Å². The van der Waals surface area contributed by atoms with Crippen molar-refractivity contribution in [2.75, 3.05) is 0 Å². The van der Waals surface area contributed by atoms with Crippen LogP contribution in [-0.2, 0) is 19.5 Å². The van der Waals surface area contributed by atoms with Crippen molar-refractivity contribution in [3.63, 3.8) is 0 Å². The number of hydrogen-bond acceptors (Lipinski definition) is 3. The Morgan fingerprint density at radius 1 is 0.850 bits per heavy atom. The first-order chi connectivity index (χ1) is 9.50. The molecule has 0 bridgehead atoms. The molecule has 5 nitrogen and oxygen atoms in total. The molecule has 1 aromatic carbocycles. The van der Waals surface area contributed by atoms with E-state index < -0.39 is 15.8 Å². The standard InChI is InChI=1S/C14H12N2.2H2O.O.V/c1-9-5-7-15-13-11(9)3-4-12-10(2)6-8-16-14(12)13;;;;/h3-8H,1-2H3;2*1H2;;/q;;;;+2/p-2. The van der Waals surface area contributed by atoms with E-state index in [1.165, 1.54) is 21.9 Å². The zero-order valence-corrected chi connectivity index (χ0v) is 12.5. The van der Waals surface area contributed by atoms with Gasteiger partial charge < -0.3 is 0 Å². The molecule has 2 heterocycles. The zero-order valence-electron chi connectivity index (χ0n) is 11.1. The molecule has 0 spiro atoms. The molecule has 2 aromatic heterocycles. The normalized spacial score (nSPS) is 10.2. The molecule has 0 radical (unpaired) electrons. The van der Waals surface area contributed by atoms with Crippen LogP contribution in [0.25, 0.3) is 21.8 Å². The van der Waals surface area contributed by atoms with Crippen LogP contribution in [0.2, 0.25) is 0 Å². The Morgan fingerprint density at radius 3 is 1.55 bits per heavy atom. The number of pyridine rings is 2. The minimum atomic E-state index is -3.44. The van der Waals surface area contributed by atoms with Crippen LogP contribution in [0.15, 0.2) is 36.7 Å². The Bertz CT molecular complexity index is 725. The summed E-state index contributed by atoms with van der Waals surface area (Å²) >= 11 is -3.44. The second-order valence-corrected chi connectivity index (χ2v) is 5.16. The fraction of sp³-hybridized carbons (Fsp3) is 0.143. The van der Waals surface area contributed by atoms with Crippen LogP contribution < -0.4 is 0 Å². The molecule has 0 unspecified atom stereocenters. The van der Waals surface area contributed by atoms with Crippen LogP contribution >= 0.6 is 0 Å². The van der Waals surface area contributed by atoms with Crippen LogP contribution in [0, 0.1) is 13.8 Å². The molecule has 0 fully saturated rings. The van der Waals surface area contributed by atoms with E-state index in [4.69, 9.17) is 11.7 Å². The first-order valence-corrected chi connectivity index (χ1v) is 7.77. The molecular weight excluding hydrogens is 295 g/mol. The number of benzene rings is 1. The molecule has 0 aliphatic rings. The fourth-order valence-corrected chi connectivity index (χ4v) is 2.10. The predicted octanol–water partition coefficient (Wildman–Crippen LogP) is 2.16. The van der Waals surface area contributed by atoms with Gasteiger partial charge in [0, 0.05) is 23.2 Å². The quantitative estimate of drug-likeness (QED) is 0.622. The Morgan fingerprint density at radius 2 is 1.20 bits per heavy atom. The van der Waals surface area contributed by atoms with E-state index in [1.807, 2.05) is 24.5 Å². The summed E-state index contributed by atoms with van der Waals surface area (Å²) in [5.74, 6) is 0. The molecule has 20 heavy (non-hydrogen) atoms. The summed E-state index contributed by atoms with van der Waals surface area (Å²) < 4.78 is 23.2. The van der Waals surface area contributed by atoms with Gasteiger partial charge in [0.05, 0.1) is 11.0 Å². The summed E-state index contributed by atoms with van der Waals surface area (Å²) in [6, 6.07) is 8.33. The summed E-state index contributed by atoms with van der Waals surface area (Å²) in [5, 5.41) is 2.38. The van der Waals surface area contributed by atoms with Crippen LogP contribution in [-0.4, -0.2) is 18.0 Å². The van der Waals surface area contributed by atoms with Crippen molar-refractivity contribution >= 4 is 21.8 Å². The zero-order chi connectivity index (χ0) is 14.7. The van der Waals surface area contributed by atoms with Crippen molar-refractivity contribution in [2.24, 2.45) is 0 Å². The summed E-state index contributed by atoms with van der Waals surface area (Å²) in [5.41, 5.74) is 4.49. The van der Waals surface area contributed by atoms with Gasteiger partial charge in [0.1, 0.15) is 0 Å². The maximum atomic E-state index is 8.78. The van der Waals surface area contributed by atoms with E-state index in [9.17, 15) is 0 Å². The first kappa shape index (κ1) is 14.7. The first-order valence-electron chi connectivity index (χ1n) is 5.95. The SMILES string of the molecule is Cc1ccnc2c1ccc1c(C)ccnc12.[O]=[V]([OH])[OH]. The van der Waals surface area contributed by atoms with E-state index in [0.29, 0.717) is 0 Å². The molecule has 103 valence electrons. The maximum absolute atomic E-state index is 8.78. The second-order valence-electron chi connectivity index (χ2n) is 4.37. The summed E-state index contributed by atoms with van der Waals surface area (Å²) in [7, 11) is 0. The molecule has 0 amide bonds. The van der Waals surface area contributed by atoms with E-state index in [0.717, 1.165) is 11.0 Å². The Balaban J connectivity index is 0.000000328. The van der Waals surface area contributed by atoms with E-state index >= 15 is 0 Å². The molecule has 6 heteroatoms. The molecule has 3 rings (SSSR count). The van der Waals surface area contributed by atoms with Crippen LogP contribution in [0.3, 0.4) is 0 Å². The van der Waals surface area contributed by atoms with Gasteiger partial charge in [-0.05, 0) is 37.1 Å². The summed E-state index contributed by atoms with van der Waals surface area (Å²) in [6.45, 7) is 4.21. The molecule has 3 aromatic rings. The minimum absolute atomic E-state index is 1.00. The number of nitrogens with zero attached hydrogens (tertiary/aromatic N) is 2. The van der Waals surface area contributed by atoms with Crippen molar-refractivity contribution in [1.29, 1.82) is 0 Å². The third-order valence-corrected chi connectivity index (χ3v) is 3.06. The van der Waals surface area contributed by atoms with Gasteiger partial charge in [-0.3, -0.25) is 9.97 Å². The Hall–Kier alpha value is -1.66. The van der Waals surface area contributed by atoms with Gasteiger partial charge in [-0.15, -0.1) is 0 Å². The Labute approximate surface area is 121 Å². The van der Waals surface area contributed by atoms with Gasteiger partial charge in [-0.1, -0.05) is 12.1 Å². The Kier molecular flexibility index (Phi) is 4.57. The van der Waals surface area contributed by atoms with Crippen LogP contribution in [0.1, 0.15) is 11.1 Å². The van der Waals surface area contributed by atoms with Crippen molar-refractivity contribution in [2.45, 2.75) is 13.8 Å². The molecule has 2 N–H and O–H groups in total. The molecular formula is C14H14N2O3V. The second kappa shape index (κ2) is 6.20. The summed E-state index contributed by atoms with van der Waals surface area (Å²) in [4.78, 5) is 8.90.